The van der Waals surface area contributed by atoms with Crippen LogP contribution in [0.25, 0.3) is 6.08 Å². The minimum Gasteiger partial charge on any atom is -0.360 e. The number of carbonyl (C=O) groups is 1. The van der Waals surface area contributed by atoms with Crippen LogP contribution >= 0.6 is 22.9 Å². The molecule has 3 saturated carbocycles. The highest BCUT2D eigenvalue weighted by atomic mass is 35.5. The van der Waals surface area contributed by atoms with Gasteiger partial charge in [-0.05, 0) is 60.1 Å². The van der Waals surface area contributed by atoms with Crippen LogP contribution in [0.15, 0.2) is 30.3 Å². The number of rotatable bonds is 6. The number of hydrogen-bond donors (Lipinski definition) is 2. The van der Waals surface area contributed by atoms with E-state index in [9.17, 15) is 4.79 Å². The lowest BCUT2D eigenvalue weighted by atomic mass is 9.45. The van der Waals surface area contributed by atoms with E-state index in [1.807, 2.05) is 18.2 Å². The summed E-state index contributed by atoms with van der Waals surface area (Å²) < 4.78 is 0. The van der Waals surface area contributed by atoms with Crippen molar-refractivity contribution in [3.8, 4) is 0 Å². The Labute approximate surface area is 174 Å². The molecule has 2 unspecified atom stereocenters. The second-order valence-corrected chi connectivity index (χ2v) is 9.72. The molecule has 2 N–H and O–H groups in total. The zero-order valence-electron chi connectivity index (χ0n) is 16.1. The summed E-state index contributed by atoms with van der Waals surface area (Å²) in [5.41, 5.74) is 1.28. The Morgan fingerprint density at radius 2 is 2.07 bits per heavy atom. The Kier molecular flexibility index (Phi) is 5.43. The molecule has 3 aliphatic carbocycles. The van der Waals surface area contributed by atoms with Crippen LogP contribution in [-0.4, -0.2) is 22.6 Å². The molecule has 5 rings (SSSR count). The highest BCUT2D eigenvalue weighted by Gasteiger charge is 2.53. The van der Waals surface area contributed by atoms with Crippen LogP contribution in [0.1, 0.15) is 38.7 Å². The third-order valence-electron chi connectivity index (χ3n) is 6.49. The van der Waals surface area contributed by atoms with Crippen molar-refractivity contribution in [3.63, 3.8) is 0 Å². The number of fused-ring (bicyclic) bond motifs is 2. The van der Waals surface area contributed by atoms with Crippen molar-refractivity contribution in [3.05, 3.63) is 40.9 Å². The third kappa shape index (κ3) is 3.94. The van der Waals surface area contributed by atoms with Gasteiger partial charge in [0.2, 0.25) is 16.2 Å². The average Bonchev–Trinajstić information content (AvgIpc) is 3.13. The van der Waals surface area contributed by atoms with Crippen molar-refractivity contribution in [2.45, 2.75) is 33.1 Å². The van der Waals surface area contributed by atoms with Gasteiger partial charge < -0.3 is 5.32 Å². The van der Waals surface area contributed by atoms with Crippen LogP contribution in [0.3, 0.4) is 0 Å². The lowest BCUT2D eigenvalue weighted by Crippen LogP contribution is -2.53. The fourth-order valence-corrected chi connectivity index (χ4v) is 5.55. The van der Waals surface area contributed by atoms with Crippen molar-refractivity contribution in [2.24, 2.45) is 23.2 Å². The van der Waals surface area contributed by atoms with Gasteiger partial charge in [0.1, 0.15) is 0 Å². The van der Waals surface area contributed by atoms with E-state index in [1.54, 1.807) is 12.1 Å². The molecule has 0 radical (unpaired) electrons. The molecule has 148 valence electrons. The van der Waals surface area contributed by atoms with Crippen LogP contribution in [0.5, 0.6) is 0 Å². The van der Waals surface area contributed by atoms with Crippen molar-refractivity contribution in [1.29, 1.82) is 0 Å². The second-order valence-electron chi connectivity index (χ2n) is 8.34. The first-order chi connectivity index (χ1) is 13.4. The number of anilines is 2. The normalized spacial score (nSPS) is 25.3. The summed E-state index contributed by atoms with van der Waals surface area (Å²) in [6.07, 6.45) is 7.14. The van der Waals surface area contributed by atoms with Gasteiger partial charge in [-0.2, -0.15) is 0 Å². The average molecular weight is 417 g/mol. The van der Waals surface area contributed by atoms with Crippen molar-refractivity contribution in [1.82, 2.24) is 10.2 Å². The lowest BCUT2D eigenvalue weighted by molar-refractivity contribution is -0.111. The van der Waals surface area contributed by atoms with E-state index >= 15 is 0 Å². The van der Waals surface area contributed by atoms with E-state index in [-0.39, 0.29) is 5.91 Å². The molecule has 2 aromatic rings. The van der Waals surface area contributed by atoms with Crippen LogP contribution < -0.4 is 10.6 Å². The van der Waals surface area contributed by atoms with Gasteiger partial charge >= 0.3 is 0 Å². The Hall–Kier alpha value is -1.92. The van der Waals surface area contributed by atoms with Crippen LogP contribution in [-0.2, 0) is 4.79 Å². The van der Waals surface area contributed by atoms with Gasteiger partial charge in [-0.3, -0.25) is 10.1 Å². The standard InChI is InChI=1S/C21H25ClN4OS/c1-21(2)15-9-7-14(16(21)11-15)12-23-19-25-26-20(28-19)24-18(27)10-8-13-5-3-4-6-17(13)22/h3-6,8,10,14-16H,7,9,11-12H2,1-2H3,(H,23,25)(H,24,26,27)/b10-8+/t14-,15?,16?/m0/s1. The zero-order chi connectivity index (χ0) is 19.7. The summed E-state index contributed by atoms with van der Waals surface area (Å²) in [6, 6.07) is 7.38. The Morgan fingerprint density at radius 1 is 1.29 bits per heavy atom. The fourth-order valence-electron chi connectivity index (χ4n) is 4.69. The SMILES string of the molecule is CC1(C)C2CC[C@@H](CNc3nnc(NC(=O)/C=C/c4ccccc4Cl)s3)C1C2. The highest BCUT2D eigenvalue weighted by Crippen LogP contribution is 2.61. The molecule has 7 heteroatoms. The van der Waals surface area contributed by atoms with Crippen molar-refractivity contribution >= 4 is 45.2 Å². The molecule has 2 bridgehead atoms. The van der Waals surface area contributed by atoms with Gasteiger partial charge in [-0.15, -0.1) is 10.2 Å². The fraction of sp³-hybridized carbons (Fsp3) is 0.476. The summed E-state index contributed by atoms with van der Waals surface area (Å²) in [4.78, 5) is 12.1. The smallest absolute Gasteiger partial charge is 0.250 e. The second kappa shape index (κ2) is 7.84. The highest BCUT2D eigenvalue weighted by molar-refractivity contribution is 7.19. The maximum Gasteiger partial charge on any atom is 0.250 e. The largest absolute Gasteiger partial charge is 0.360 e. The minimum absolute atomic E-state index is 0.253. The zero-order valence-corrected chi connectivity index (χ0v) is 17.7. The van der Waals surface area contributed by atoms with Gasteiger partial charge in [-0.25, -0.2) is 0 Å². The molecule has 28 heavy (non-hydrogen) atoms. The molecule has 3 aliphatic rings. The molecule has 1 heterocycles. The van der Waals surface area contributed by atoms with Gasteiger partial charge in [-0.1, -0.05) is 55.0 Å². The summed E-state index contributed by atoms with van der Waals surface area (Å²) >= 11 is 7.45. The van der Waals surface area contributed by atoms with Gasteiger partial charge in [0, 0.05) is 17.6 Å². The van der Waals surface area contributed by atoms with Crippen LogP contribution in [0, 0.1) is 23.2 Å². The van der Waals surface area contributed by atoms with E-state index < -0.39 is 0 Å². The number of benzene rings is 1. The molecular weight excluding hydrogens is 392 g/mol. The van der Waals surface area contributed by atoms with Gasteiger partial charge in [0.15, 0.2) is 0 Å². The quantitative estimate of drug-likeness (QED) is 0.624. The van der Waals surface area contributed by atoms with Crippen LogP contribution in [0.4, 0.5) is 10.3 Å². The molecule has 3 fully saturated rings. The monoisotopic (exact) mass is 416 g/mol. The maximum absolute atomic E-state index is 12.1. The number of hydrogen-bond acceptors (Lipinski definition) is 5. The van der Waals surface area contributed by atoms with Crippen molar-refractivity contribution < 1.29 is 4.79 Å². The van der Waals surface area contributed by atoms with E-state index in [0.717, 1.165) is 29.1 Å². The maximum atomic E-state index is 12.1. The minimum atomic E-state index is -0.253. The molecule has 0 spiro atoms. The number of halogens is 1. The summed E-state index contributed by atoms with van der Waals surface area (Å²) in [5, 5.41) is 16.3. The summed E-state index contributed by atoms with van der Waals surface area (Å²) in [5.74, 6) is 2.16. The molecule has 1 aromatic carbocycles. The number of amides is 1. The van der Waals surface area contributed by atoms with E-state index in [2.05, 4.69) is 34.7 Å². The number of carbonyl (C=O) groups excluding carboxylic acids is 1. The predicted octanol–water partition coefficient (Wildman–Crippen LogP) is 5.33. The first-order valence-corrected chi connectivity index (χ1v) is 10.9. The molecule has 1 aromatic heterocycles. The molecule has 0 saturated heterocycles. The van der Waals surface area contributed by atoms with E-state index in [4.69, 9.17) is 11.6 Å². The number of nitrogens with zero attached hydrogens (tertiary/aromatic N) is 2. The Bertz CT molecular complexity index is 892. The first kappa shape index (κ1) is 19.4. The number of nitrogens with one attached hydrogen (secondary N) is 2. The predicted molar refractivity (Wildman–Crippen MR) is 116 cm³/mol. The van der Waals surface area contributed by atoms with Gasteiger partial charge in [0.05, 0.1) is 0 Å². The first-order valence-electron chi connectivity index (χ1n) is 9.74. The lowest BCUT2D eigenvalue weighted by Gasteiger charge is -2.60. The Balaban J connectivity index is 1.28. The third-order valence-corrected chi connectivity index (χ3v) is 7.63. The molecule has 3 atom stereocenters. The molecule has 0 aliphatic heterocycles. The van der Waals surface area contributed by atoms with Crippen LogP contribution in [0.2, 0.25) is 5.02 Å². The molecular formula is C21H25ClN4OS. The molecule has 5 nitrogen and oxygen atoms in total. The van der Waals surface area contributed by atoms with Gasteiger partial charge in [0.25, 0.3) is 0 Å². The van der Waals surface area contributed by atoms with E-state index in [1.165, 1.54) is 36.7 Å². The topological polar surface area (TPSA) is 66.9 Å². The summed E-state index contributed by atoms with van der Waals surface area (Å²) in [6.45, 7) is 5.75. The molecule has 1 amide bonds. The Morgan fingerprint density at radius 3 is 2.82 bits per heavy atom. The van der Waals surface area contributed by atoms with Crippen molar-refractivity contribution in [2.75, 3.05) is 17.2 Å². The van der Waals surface area contributed by atoms with E-state index in [0.29, 0.717) is 21.5 Å². The summed E-state index contributed by atoms with van der Waals surface area (Å²) in [7, 11) is 0. The number of aromatic nitrogens is 2.